The van der Waals surface area contributed by atoms with Crippen molar-refractivity contribution in [3.8, 4) is 5.75 Å². The van der Waals surface area contributed by atoms with Crippen molar-refractivity contribution in [2.45, 2.75) is 33.2 Å². The number of hydrogen-bond acceptors (Lipinski definition) is 8. The van der Waals surface area contributed by atoms with E-state index in [0.29, 0.717) is 0 Å². The molecule has 0 saturated heterocycles. The first-order valence-electron chi connectivity index (χ1n) is 8.90. The molecule has 0 unspecified atom stereocenters. The molecule has 0 radical (unpaired) electrons. The van der Waals surface area contributed by atoms with Gasteiger partial charge >= 0.3 is 17.9 Å². The van der Waals surface area contributed by atoms with Crippen LogP contribution in [0.15, 0.2) is 24.3 Å². The predicted molar refractivity (Wildman–Crippen MR) is 99.6 cm³/mol. The Hall–Kier alpha value is -3.43. The number of rotatable bonds is 10. The summed E-state index contributed by atoms with van der Waals surface area (Å²) in [5.74, 6) is -4.99. The van der Waals surface area contributed by atoms with Crippen molar-refractivity contribution < 1.29 is 38.2 Å². The molecule has 1 rings (SSSR count). The Bertz CT molecular complexity index is 760. The molecule has 2 amide bonds. The molecule has 0 heterocycles. The summed E-state index contributed by atoms with van der Waals surface area (Å²) in [5.41, 5.74) is 5.47. The van der Waals surface area contributed by atoms with Gasteiger partial charge in [0.2, 0.25) is 5.91 Å². The lowest BCUT2D eigenvalue weighted by molar-refractivity contribution is -0.156. The van der Waals surface area contributed by atoms with E-state index in [-0.39, 0.29) is 24.5 Å². The van der Waals surface area contributed by atoms with Crippen LogP contribution in [0.4, 0.5) is 0 Å². The van der Waals surface area contributed by atoms with Gasteiger partial charge in [-0.1, -0.05) is 0 Å². The molecule has 0 saturated carbocycles. The van der Waals surface area contributed by atoms with E-state index in [1.54, 1.807) is 13.8 Å². The van der Waals surface area contributed by atoms with E-state index in [4.69, 9.17) is 19.9 Å². The fourth-order valence-corrected chi connectivity index (χ4v) is 2.42. The number of carbonyl (C=O) groups excluding carboxylic acids is 5. The van der Waals surface area contributed by atoms with Gasteiger partial charge in [0.05, 0.1) is 25.6 Å². The Kier molecular flexibility index (Phi) is 9.30. The van der Waals surface area contributed by atoms with Crippen LogP contribution in [-0.4, -0.2) is 49.0 Å². The van der Waals surface area contributed by atoms with Gasteiger partial charge in [0.15, 0.2) is 0 Å². The first kappa shape index (κ1) is 23.6. The summed E-state index contributed by atoms with van der Waals surface area (Å²) < 4.78 is 14.6. The summed E-state index contributed by atoms with van der Waals surface area (Å²) in [7, 11) is 0. The van der Waals surface area contributed by atoms with Crippen LogP contribution in [0.2, 0.25) is 0 Å². The third-order valence-corrected chi connectivity index (χ3v) is 3.65. The lowest BCUT2D eigenvalue weighted by Gasteiger charge is -2.23. The Morgan fingerprint density at radius 2 is 1.59 bits per heavy atom. The molecule has 0 bridgehead atoms. The third kappa shape index (κ3) is 7.60. The van der Waals surface area contributed by atoms with Gasteiger partial charge in [0, 0.05) is 12.5 Å². The average molecular weight is 408 g/mol. The number of amides is 2. The smallest absolute Gasteiger partial charge is 0.312 e. The van der Waals surface area contributed by atoms with Crippen LogP contribution in [0.5, 0.6) is 5.75 Å². The van der Waals surface area contributed by atoms with Crippen molar-refractivity contribution >= 4 is 29.7 Å². The van der Waals surface area contributed by atoms with Gasteiger partial charge in [-0.3, -0.25) is 24.0 Å². The summed E-state index contributed by atoms with van der Waals surface area (Å²) in [5, 5.41) is 2.35. The van der Waals surface area contributed by atoms with Gasteiger partial charge in [-0.05, 0) is 38.1 Å². The van der Waals surface area contributed by atoms with Crippen molar-refractivity contribution in [3.63, 3.8) is 0 Å². The third-order valence-electron chi connectivity index (χ3n) is 3.65. The molecular weight excluding hydrogens is 384 g/mol. The molecule has 10 nitrogen and oxygen atoms in total. The largest absolute Gasteiger partial charge is 0.466 e. The maximum atomic E-state index is 12.5. The second kappa shape index (κ2) is 11.4. The quantitative estimate of drug-likeness (QED) is 0.415. The minimum absolute atomic E-state index is 0.00912. The number of primary amides is 1. The molecule has 158 valence electrons. The molecule has 0 aliphatic heterocycles. The van der Waals surface area contributed by atoms with Gasteiger partial charge in [0.25, 0.3) is 5.91 Å². The summed E-state index contributed by atoms with van der Waals surface area (Å²) in [4.78, 5) is 59.5. The lowest BCUT2D eigenvalue weighted by Crippen LogP contribution is -2.52. The zero-order valence-electron chi connectivity index (χ0n) is 16.4. The number of benzene rings is 1. The van der Waals surface area contributed by atoms with E-state index in [1.807, 2.05) is 0 Å². The normalized spacial score (nSPS) is 12.2. The van der Waals surface area contributed by atoms with E-state index in [0.717, 1.165) is 0 Å². The number of nitrogens with two attached hydrogens (primary N) is 1. The Labute approximate surface area is 167 Å². The van der Waals surface area contributed by atoms with Crippen LogP contribution in [0, 0.1) is 5.92 Å². The molecule has 0 aliphatic carbocycles. The van der Waals surface area contributed by atoms with Crippen LogP contribution in [-0.2, 0) is 28.7 Å². The highest BCUT2D eigenvalue weighted by molar-refractivity contribution is 5.99. The van der Waals surface area contributed by atoms with Crippen LogP contribution in [0.25, 0.3) is 0 Å². The maximum Gasteiger partial charge on any atom is 0.312 e. The number of hydrogen-bond donors (Lipinski definition) is 2. The predicted octanol–water partition coefficient (Wildman–Crippen LogP) is 0.328. The van der Waals surface area contributed by atoms with E-state index >= 15 is 0 Å². The molecule has 1 aromatic rings. The fourth-order valence-electron chi connectivity index (χ4n) is 2.42. The zero-order valence-corrected chi connectivity index (χ0v) is 16.4. The Morgan fingerprint density at radius 1 is 1.00 bits per heavy atom. The summed E-state index contributed by atoms with van der Waals surface area (Å²) in [6.45, 7) is 4.47. The minimum Gasteiger partial charge on any atom is -0.466 e. The van der Waals surface area contributed by atoms with Gasteiger partial charge < -0.3 is 25.3 Å². The van der Waals surface area contributed by atoms with E-state index < -0.39 is 48.1 Å². The number of nitrogens with one attached hydrogen (secondary N) is 1. The van der Waals surface area contributed by atoms with Crippen molar-refractivity contribution in [1.82, 2.24) is 5.32 Å². The van der Waals surface area contributed by atoms with Gasteiger partial charge in [-0.2, -0.15) is 0 Å². The molecule has 0 aliphatic rings. The zero-order chi connectivity index (χ0) is 22.0. The summed E-state index contributed by atoms with van der Waals surface area (Å²) >= 11 is 0. The second-order valence-electron chi connectivity index (χ2n) is 5.84. The van der Waals surface area contributed by atoms with Gasteiger partial charge in [-0.25, -0.2) is 0 Å². The highest BCUT2D eigenvalue weighted by Crippen LogP contribution is 2.16. The SMILES string of the molecule is CCOC(=O)C[C@@H](C(=O)OCC)[C@@H](NC(=O)c1ccc(OC(C)=O)cc1)C(N)=O. The molecule has 0 aromatic heterocycles. The van der Waals surface area contributed by atoms with E-state index in [9.17, 15) is 24.0 Å². The first-order chi connectivity index (χ1) is 13.7. The van der Waals surface area contributed by atoms with Crippen molar-refractivity contribution in [2.24, 2.45) is 11.7 Å². The molecule has 1 aromatic carbocycles. The standard InChI is InChI=1S/C19H24N2O8/c1-4-27-15(23)10-14(19(26)28-5-2)16(17(20)24)21-18(25)12-6-8-13(9-7-12)29-11(3)22/h6-9,14,16H,4-5,10H2,1-3H3,(H2,20,24)(H,21,25)/t14-,16-/m1/s1. The highest BCUT2D eigenvalue weighted by Gasteiger charge is 2.37. The second-order valence-corrected chi connectivity index (χ2v) is 5.84. The summed E-state index contributed by atoms with van der Waals surface area (Å²) in [6.07, 6.45) is -0.494. The molecular formula is C19H24N2O8. The van der Waals surface area contributed by atoms with Gasteiger partial charge in [-0.15, -0.1) is 0 Å². The molecule has 2 atom stereocenters. The molecule has 0 fully saturated rings. The molecule has 0 spiro atoms. The first-order valence-corrected chi connectivity index (χ1v) is 8.90. The van der Waals surface area contributed by atoms with Crippen LogP contribution >= 0.6 is 0 Å². The van der Waals surface area contributed by atoms with Crippen molar-refractivity contribution in [3.05, 3.63) is 29.8 Å². The van der Waals surface area contributed by atoms with Crippen LogP contribution in [0.3, 0.4) is 0 Å². The van der Waals surface area contributed by atoms with Crippen molar-refractivity contribution in [1.29, 1.82) is 0 Å². The van der Waals surface area contributed by atoms with E-state index in [2.05, 4.69) is 5.32 Å². The number of esters is 3. The Morgan fingerprint density at radius 3 is 2.07 bits per heavy atom. The van der Waals surface area contributed by atoms with Crippen LogP contribution in [0.1, 0.15) is 37.6 Å². The monoisotopic (exact) mass is 408 g/mol. The lowest BCUT2D eigenvalue weighted by atomic mass is 9.95. The van der Waals surface area contributed by atoms with Crippen LogP contribution < -0.4 is 15.8 Å². The highest BCUT2D eigenvalue weighted by atomic mass is 16.5. The Balaban J connectivity index is 3.03. The minimum atomic E-state index is -1.50. The van der Waals surface area contributed by atoms with E-state index in [1.165, 1.54) is 31.2 Å². The number of ether oxygens (including phenoxy) is 3. The fraction of sp³-hybridized carbons (Fsp3) is 0.421. The molecule has 10 heteroatoms. The average Bonchev–Trinajstić information content (AvgIpc) is 2.64. The molecule has 29 heavy (non-hydrogen) atoms. The van der Waals surface area contributed by atoms with Gasteiger partial charge in [0.1, 0.15) is 11.8 Å². The molecule has 3 N–H and O–H groups in total. The van der Waals surface area contributed by atoms with Crippen molar-refractivity contribution in [2.75, 3.05) is 13.2 Å². The maximum absolute atomic E-state index is 12.5. The summed E-state index contributed by atoms with van der Waals surface area (Å²) in [6, 6.07) is 3.99. The topological polar surface area (TPSA) is 151 Å². The number of carbonyl (C=O) groups is 5.